The predicted molar refractivity (Wildman–Crippen MR) is 162 cm³/mol. The molecule has 0 unspecified atom stereocenters. The van der Waals surface area contributed by atoms with E-state index in [0.717, 1.165) is 22.3 Å². The van der Waals surface area contributed by atoms with Gasteiger partial charge in [-0.3, -0.25) is 4.90 Å². The van der Waals surface area contributed by atoms with Crippen LogP contribution in [0.3, 0.4) is 0 Å². The highest BCUT2D eigenvalue weighted by molar-refractivity contribution is 5.69. The first-order chi connectivity index (χ1) is 20.7. The summed E-state index contributed by atoms with van der Waals surface area (Å²) in [4.78, 5) is 15.2. The molecular formula is C36H37NO5. The summed E-state index contributed by atoms with van der Waals surface area (Å²) in [5, 5.41) is 0. The van der Waals surface area contributed by atoms with Crippen molar-refractivity contribution < 1.29 is 23.7 Å². The molecule has 6 nitrogen and oxygen atoms in total. The summed E-state index contributed by atoms with van der Waals surface area (Å²) in [5.74, 6) is 0. The van der Waals surface area contributed by atoms with Gasteiger partial charge in [0.05, 0.1) is 32.4 Å². The lowest BCUT2D eigenvalue weighted by molar-refractivity contribution is -0.191. The van der Waals surface area contributed by atoms with Crippen molar-refractivity contribution in [2.75, 3.05) is 6.54 Å². The minimum atomic E-state index is -0.551. The van der Waals surface area contributed by atoms with Crippen LogP contribution < -0.4 is 0 Å². The fourth-order valence-electron chi connectivity index (χ4n) is 5.12. The number of piperidine rings is 1. The highest BCUT2D eigenvalue weighted by Gasteiger charge is 2.47. The largest absolute Gasteiger partial charge is 0.445 e. The Morgan fingerprint density at radius 2 is 1.02 bits per heavy atom. The third-order valence-electron chi connectivity index (χ3n) is 7.32. The Bertz CT molecular complexity index is 1370. The lowest BCUT2D eigenvalue weighted by Crippen LogP contribution is -2.64. The summed E-state index contributed by atoms with van der Waals surface area (Å²) in [6.45, 7) is 5.61. The standard InChI is InChI=1S/C36H37NO5/c1-2-32-34(40-25-29-17-9-4-10-18-29)35(41-26-30-19-11-5-12-20-30)33(39-24-28-15-7-3-8-16-28)23-37(32)36(38)42-27-31-21-13-6-14-22-31/h2-22,32-35H,1,23-27H2/t32-,33-,34+,35+/m1/s1. The van der Waals surface area contributed by atoms with Crippen molar-refractivity contribution in [2.45, 2.75) is 50.8 Å². The second-order valence-electron chi connectivity index (χ2n) is 10.3. The smallest absolute Gasteiger partial charge is 0.410 e. The molecule has 1 aliphatic heterocycles. The fourth-order valence-corrected chi connectivity index (χ4v) is 5.12. The number of ether oxygens (including phenoxy) is 4. The molecule has 42 heavy (non-hydrogen) atoms. The van der Waals surface area contributed by atoms with E-state index in [0.29, 0.717) is 19.8 Å². The molecule has 4 atom stereocenters. The minimum absolute atomic E-state index is 0.166. The van der Waals surface area contributed by atoms with Gasteiger partial charge in [-0.15, -0.1) is 6.58 Å². The third-order valence-corrected chi connectivity index (χ3v) is 7.32. The Labute approximate surface area is 248 Å². The van der Waals surface area contributed by atoms with Gasteiger partial charge in [-0.05, 0) is 22.3 Å². The van der Waals surface area contributed by atoms with E-state index in [4.69, 9.17) is 18.9 Å². The van der Waals surface area contributed by atoms with Crippen molar-refractivity contribution >= 4 is 6.09 Å². The molecule has 4 aromatic carbocycles. The van der Waals surface area contributed by atoms with Crippen molar-refractivity contribution in [2.24, 2.45) is 0 Å². The molecule has 1 fully saturated rings. The quantitative estimate of drug-likeness (QED) is 0.175. The topological polar surface area (TPSA) is 57.2 Å². The first-order valence-electron chi connectivity index (χ1n) is 14.3. The molecule has 0 aliphatic carbocycles. The van der Waals surface area contributed by atoms with Crippen LogP contribution in [0.25, 0.3) is 0 Å². The van der Waals surface area contributed by atoms with Gasteiger partial charge in [-0.25, -0.2) is 4.79 Å². The van der Waals surface area contributed by atoms with Crippen LogP contribution in [-0.2, 0) is 45.4 Å². The highest BCUT2D eigenvalue weighted by atomic mass is 16.6. The maximum absolute atomic E-state index is 13.6. The van der Waals surface area contributed by atoms with Crippen LogP contribution >= 0.6 is 0 Å². The molecule has 0 bridgehead atoms. The Hall–Kier alpha value is -4.23. The van der Waals surface area contributed by atoms with Crippen LogP contribution in [0.1, 0.15) is 22.3 Å². The molecule has 1 aliphatic rings. The number of hydrogen-bond acceptors (Lipinski definition) is 5. The van der Waals surface area contributed by atoms with Gasteiger partial charge >= 0.3 is 6.09 Å². The summed E-state index contributed by atoms with van der Waals surface area (Å²) >= 11 is 0. The third kappa shape index (κ3) is 7.95. The number of carbonyl (C=O) groups is 1. The number of hydrogen-bond donors (Lipinski definition) is 0. The average molecular weight is 564 g/mol. The summed E-state index contributed by atoms with van der Waals surface area (Å²) in [7, 11) is 0. The predicted octanol–water partition coefficient (Wildman–Crippen LogP) is 6.95. The van der Waals surface area contributed by atoms with E-state index in [1.165, 1.54) is 0 Å². The molecular weight excluding hydrogens is 526 g/mol. The maximum Gasteiger partial charge on any atom is 0.410 e. The van der Waals surface area contributed by atoms with E-state index in [9.17, 15) is 4.79 Å². The lowest BCUT2D eigenvalue weighted by Gasteiger charge is -2.47. The fraction of sp³-hybridized carbons (Fsp3) is 0.250. The van der Waals surface area contributed by atoms with Gasteiger partial charge in [-0.2, -0.15) is 0 Å². The Kier molecular flexibility index (Phi) is 10.5. The number of benzene rings is 4. The minimum Gasteiger partial charge on any atom is -0.445 e. The van der Waals surface area contributed by atoms with Crippen molar-refractivity contribution in [1.29, 1.82) is 0 Å². The van der Waals surface area contributed by atoms with Gasteiger partial charge in [0, 0.05) is 0 Å². The van der Waals surface area contributed by atoms with Crippen LogP contribution in [0.4, 0.5) is 4.79 Å². The van der Waals surface area contributed by atoms with Crippen LogP contribution in [0, 0.1) is 0 Å². The second-order valence-corrected chi connectivity index (χ2v) is 10.3. The molecule has 0 spiro atoms. The molecule has 0 N–H and O–H groups in total. The molecule has 0 aromatic heterocycles. The van der Waals surface area contributed by atoms with Crippen molar-refractivity contribution in [1.82, 2.24) is 4.90 Å². The lowest BCUT2D eigenvalue weighted by atomic mass is 9.93. The van der Waals surface area contributed by atoms with E-state index in [1.807, 2.05) is 121 Å². The number of likely N-dealkylation sites (tertiary alicyclic amines) is 1. The molecule has 0 radical (unpaired) electrons. The monoisotopic (exact) mass is 563 g/mol. The number of rotatable bonds is 12. The number of nitrogens with zero attached hydrogens (tertiary/aromatic N) is 1. The SMILES string of the molecule is C=C[C@@H]1[C@H](OCc2ccccc2)[C@@H](OCc2ccccc2)[C@H](OCc2ccccc2)CN1C(=O)OCc1ccccc1. The molecule has 4 aromatic rings. The van der Waals surface area contributed by atoms with Crippen molar-refractivity contribution in [3.8, 4) is 0 Å². The van der Waals surface area contributed by atoms with E-state index in [-0.39, 0.29) is 13.2 Å². The highest BCUT2D eigenvalue weighted by Crippen LogP contribution is 2.30. The van der Waals surface area contributed by atoms with Gasteiger partial charge in [0.2, 0.25) is 0 Å². The maximum atomic E-state index is 13.6. The van der Waals surface area contributed by atoms with E-state index in [2.05, 4.69) is 6.58 Å². The van der Waals surface area contributed by atoms with E-state index in [1.54, 1.807) is 11.0 Å². The first-order valence-corrected chi connectivity index (χ1v) is 14.3. The van der Waals surface area contributed by atoms with Gasteiger partial charge in [-0.1, -0.05) is 127 Å². The van der Waals surface area contributed by atoms with Crippen LogP contribution in [0.2, 0.25) is 0 Å². The molecule has 216 valence electrons. The molecule has 5 rings (SSSR count). The summed E-state index contributed by atoms with van der Waals surface area (Å²) in [6, 6.07) is 39.1. The zero-order chi connectivity index (χ0) is 29.0. The average Bonchev–Trinajstić information content (AvgIpc) is 3.06. The summed E-state index contributed by atoms with van der Waals surface area (Å²) in [6.07, 6.45) is -0.211. The normalized spacial score (nSPS) is 20.1. The zero-order valence-electron chi connectivity index (χ0n) is 23.7. The van der Waals surface area contributed by atoms with E-state index >= 15 is 0 Å². The molecule has 0 saturated carbocycles. The Morgan fingerprint density at radius 1 is 0.619 bits per heavy atom. The van der Waals surface area contributed by atoms with Gasteiger partial charge in [0.1, 0.15) is 24.9 Å². The number of carbonyl (C=O) groups excluding carboxylic acids is 1. The zero-order valence-corrected chi connectivity index (χ0v) is 23.7. The van der Waals surface area contributed by atoms with Gasteiger partial charge in [0.25, 0.3) is 0 Å². The molecule has 1 heterocycles. The summed E-state index contributed by atoms with van der Waals surface area (Å²) < 4.78 is 25.4. The van der Waals surface area contributed by atoms with Crippen molar-refractivity contribution in [3.63, 3.8) is 0 Å². The molecule has 1 amide bonds. The second kappa shape index (κ2) is 15.1. The van der Waals surface area contributed by atoms with Crippen LogP contribution in [-0.4, -0.2) is 41.9 Å². The van der Waals surface area contributed by atoms with Crippen LogP contribution in [0.5, 0.6) is 0 Å². The van der Waals surface area contributed by atoms with Gasteiger partial charge < -0.3 is 18.9 Å². The molecule has 1 saturated heterocycles. The van der Waals surface area contributed by atoms with E-state index < -0.39 is 30.4 Å². The van der Waals surface area contributed by atoms with Crippen molar-refractivity contribution in [3.05, 3.63) is 156 Å². The molecule has 6 heteroatoms. The number of amides is 1. The first kappa shape index (κ1) is 29.3. The summed E-state index contributed by atoms with van der Waals surface area (Å²) in [5.41, 5.74) is 4.01. The van der Waals surface area contributed by atoms with Gasteiger partial charge in [0.15, 0.2) is 0 Å². The Morgan fingerprint density at radius 3 is 1.48 bits per heavy atom. The Balaban J connectivity index is 1.41. The van der Waals surface area contributed by atoms with Crippen LogP contribution in [0.15, 0.2) is 134 Å².